The number of imidazole rings is 1. The number of nitrogens with zero attached hydrogens (tertiary/aromatic N) is 2. The van der Waals surface area contributed by atoms with E-state index in [4.69, 9.17) is 4.74 Å². The molecule has 0 spiro atoms. The van der Waals surface area contributed by atoms with Gasteiger partial charge in [-0.1, -0.05) is 0 Å². The summed E-state index contributed by atoms with van der Waals surface area (Å²) < 4.78 is 20.8. The van der Waals surface area contributed by atoms with Gasteiger partial charge in [-0.25, -0.2) is 4.98 Å². The largest absolute Gasteiger partial charge is 0.790 e. The van der Waals surface area contributed by atoms with E-state index < -0.39 is 51.4 Å². The van der Waals surface area contributed by atoms with Crippen LogP contribution in [-0.4, -0.2) is 50.7 Å². The van der Waals surface area contributed by atoms with Gasteiger partial charge in [0.2, 0.25) is 0 Å². The van der Waals surface area contributed by atoms with Crippen molar-refractivity contribution in [2.75, 3.05) is 6.61 Å². The molecule has 0 amide bonds. The third kappa shape index (κ3) is 4.11. The van der Waals surface area contributed by atoms with Crippen molar-refractivity contribution in [2.24, 2.45) is 0 Å². The fourth-order valence-electron chi connectivity index (χ4n) is 2.04. The SMILES string of the molecule is O=C([O-])Cc1cn(C2O[C@H](COP(=O)([O-])[O-])[C@@H](O)[C@H]2O)cn1. The van der Waals surface area contributed by atoms with Gasteiger partial charge in [-0.05, 0) is 0 Å². The Bertz CT molecular complexity index is 585. The van der Waals surface area contributed by atoms with Crippen molar-refractivity contribution in [3.05, 3.63) is 18.2 Å². The number of carbonyl (C=O) groups excluding carboxylic acids is 1. The first kappa shape index (κ1) is 17.0. The van der Waals surface area contributed by atoms with Crippen LogP contribution >= 0.6 is 7.82 Å². The zero-order valence-electron chi connectivity index (χ0n) is 11.0. The average Bonchev–Trinajstić information content (AvgIpc) is 2.93. The lowest BCUT2D eigenvalue weighted by molar-refractivity contribution is -0.343. The Morgan fingerprint density at radius 1 is 1.45 bits per heavy atom. The van der Waals surface area contributed by atoms with Crippen LogP contribution in [-0.2, 0) is 25.0 Å². The predicted molar refractivity (Wildman–Crippen MR) is 60.4 cm³/mol. The minimum atomic E-state index is -5.23. The molecule has 22 heavy (non-hydrogen) atoms. The molecule has 11 nitrogen and oxygen atoms in total. The molecule has 0 aromatic carbocycles. The second-order valence-corrected chi connectivity index (χ2v) is 5.80. The molecule has 4 atom stereocenters. The van der Waals surface area contributed by atoms with E-state index in [-0.39, 0.29) is 5.69 Å². The van der Waals surface area contributed by atoms with Crippen LogP contribution < -0.4 is 14.9 Å². The Balaban J connectivity index is 2.04. The maximum atomic E-state index is 10.5. The Morgan fingerprint density at radius 3 is 2.73 bits per heavy atom. The van der Waals surface area contributed by atoms with Crippen molar-refractivity contribution >= 4 is 13.8 Å². The minimum absolute atomic E-state index is 0.147. The summed E-state index contributed by atoms with van der Waals surface area (Å²) in [6.45, 7) is -0.750. The van der Waals surface area contributed by atoms with E-state index in [1.165, 1.54) is 17.1 Å². The van der Waals surface area contributed by atoms with Crippen LogP contribution in [0.15, 0.2) is 12.5 Å². The van der Waals surface area contributed by atoms with Gasteiger partial charge in [-0.15, -0.1) is 0 Å². The molecule has 124 valence electrons. The molecule has 2 heterocycles. The van der Waals surface area contributed by atoms with E-state index >= 15 is 0 Å². The molecule has 2 rings (SSSR count). The molecule has 1 aliphatic heterocycles. The monoisotopic (exact) mass is 335 g/mol. The number of carbonyl (C=O) groups is 1. The molecule has 1 saturated heterocycles. The summed E-state index contributed by atoms with van der Waals surface area (Å²) in [6, 6.07) is 0. The van der Waals surface area contributed by atoms with E-state index in [1.807, 2.05) is 0 Å². The van der Waals surface area contributed by atoms with Gasteiger partial charge in [0.25, 0.3) is 0 Å². The summed E-state index contributed by atoms with van der Waals surface area (Å²) >= 11 is 0. The second kappa shape index (κ2) is 6.42. The normalized spacial score (nSPS) is 28.9. The van der Waals surface area contributed by atoms with E-state index in [1.54, 1.807) is 0 Å². The van der Waals surface area contributed by atoms with E-state index in [2.05, 4.69) is 9.51 Å². The highest BCUT2D eigenvalue weighted by atomic mass is 31.2. The Kier molecular flexibility index (Phi) is 4.97. The maximum Gasteiger partial charge on any atom is 0.164 e. The van der Waals surface area contributed by atoms with Crippen LogP contribution in [0.3, 0.4) is 0 Å². The predicted octanol–water partition coefficient (Wildman–Crippen LogP) is -4.36. The van der Waals surface area contributed by atoms with Crippen molar-refractivity contribution in [3.63, 3.8) is 0 Å². The van der Waals surface area contributed by atoms with E-state index in [0.717, 1.165) is 0 Å². The molecule has 2 N–H and O–H groups in total. The number of carboxylic acids is 1. The number of hydrogen-bond acceptors (Lipinski definition) is 10. The Labute approximate surface area is 124 Å². The van der Waals surface area contributed by atoms with Crippen molar-refractivity contribution in [1.29, 1.82) is 0 Å². The van der Waals surface area contributed by atoms with Crippen LogP contribution in [0.25, 0.3) is 0 Å². The smallest absolute Gasteiger partial charge is 0.164 e. The van der Waals surface area contributed by atoms with Gasteiger partial charge in [-0.2, -0.15) is 0 Å². The lowest BCUT2D eigenvalue weighted by atomic mass is 10.1. The summed E-state index contributed by atoms with van der Waals surface area (Å²) in [6.07, 6.45) is -3.33. The van der Waals surface area contributed by atoms with Crippen molar-refractivity contribution in [2.45, 2.75) is 31.0 Å². The van der Waals surface area contributed by atoms with Gasteiger partial charge in [0.1, 0.15) is 18.3 Å². The molecule has 0 aliphatic carbocycles. The highest BCUT2D eigenvalue weighted by Gasteiger charge is 2.43. The lowest BCUT2D eigenvalue weighted by Crippen LogP contribution is -2.34. The number of ether oxygens (including phenoxy) is 1. The number of carboxylic acid groups (broad SMARTS) is 1. The topological polar surface area (TPSA) is 180 Å². The van der Waals surface area contributed by atoms with E-state index in [0.29, 0.717) is 0 Å². The molecule has 0 saturated carbocycles. The van der Waals surface area contributed by atoms with E-state index in [9.17, 15) is 34.5 Å². The molecule has 1 aromatic heterocycles. The van der Waals surface area contributed by atoms with Crippen LogP contribution in [0, 0.1) is 0 Å². The number of aliphatic hydroxyl groups excluding tert-OH is 2. The first-order valence-electron chi connectivity index (χ1n) is 6.08. The molecule has 12 heteroatoms. The van der Waals surface area contributed by atoms with Crippen LogP contribution in [0.1, 0.15) is 11.9 Å². The third-order valence-electron chi connectivity index (χ3n) is 3.01. The molecule has 0 bridgehead atoms. The molecule has 0 radical (unpaired) electrons. The number of hydrogen-bond donors (Lipinski definition) is 2. The van der Waals surface area contributed by atoms with Crippen LogP contribution in [0.2, 0.25) is 0 Å². The highest BCUT2D eigenvalue weighted by molar-refractivity contribution is 7.43. The first-order chi connectivity index (χ1) is 10.2. The number of aliphatic carboxylic acids is 1. The first-order valence-corrected chi connectivity index (χ1v) is 7.54. The molecule has 1 unspecified atom stereocenters. The molecule has 1 aromatic rings. The summed E-state index contributed by atoms with van der Waals surface area (Å²) in [4.78, 5) is 35.0. The lowest BCUT2D eigenvalue weighted by Gasteiger charge is -2.30. The fraction of sp³-hybridized carbons (Fsp3) is 0.600. The third-order valence-corrected chi connectivity index (χ3v) is 3.47. The van der Waals surface area contributed by atoms with Gasteiger partial charge < -0.3 is 48.3 Å². The zero-order chi connectivity index (χ0) is 16.5. The number of phosphoric acid groups is 1. The number of aliphatic hydroxyl groups is 2. The van der Waals surface area contributed by atoms with Gasteiger partial charge in [0.15, 0.2) is 6.23 Å². The summed E-state index contributed by atoms with van der Waals surface area (Å²) in [5.41, 5.74) is 0.147. The van der Waals surface area contributed by atoms with Crippen LogP contribution in [0.5, 0.6) is 0 Å². The van der Waals surface area contributed by atoms with Crippen molar-refractivity contribution in [1.82, 2.24) is 9.55 Å². The maximum absolute atomic E-state index is 10.5. The van der Waals surface area contributed by atoms with Gasteiger partial charge >= 0.3 is 0 Å². The number of aromatic nitrogens is 2. The zero-order valence-corrected chi connectivity index (χ0v) is 11.9. The van der Waals surface area contributed by atoms with Crippen LogP contribution in [0.4, 0.5) is 0 Å². The molecular weight excluding hydrogens is 323 g/mol. The summed E-state index contributed by atoms with van der Waals surface area (Å²) in [7, 11) is -5.23. The highest BCUT2D eigenvalue weighted by Crippen LogP contribution is 2.32. The fourth-order valence-corrected chi connectivity index (χ4v) is 2.37. The minimum Gasteiger partial charge on any atom is -0.790 e. The molecule has 1 fully saturated rings. The summed E-state index contributed by atoms with van der Waals surface area (Å²) in [5.74, 6) is -1.34. The standard InChI is InChI=1S/C10H15N2O9P/c13-7(14)1-5-2-12(4-11-5)10-9(16)8(15)6(21-10)3-20-22(17,18)19/h2,4,6,8-10,15-16H,1,3H2,(H,13,14)(H2,17,18,19)/p-3/t6-,8-,9-,10?/m1/s1. The van der Waals surface area contributed by atoms with Gasteiger partial charge in [0.05, 0.1) is 26.5 Å². The van der Waals surface area contributed by atoms with Gasteiger partial charge in [0, 0.05) is 18.6 Å². The summed E-state index contributed by atoms with van der Waals surface area (Å²) in [5, 5.41) is 30.1. The Hall–Kier alpha value is -1.33. The molecule has 1 aliphatic rings. The average molecular weight is 335 g/mol. The Morgan fingerprint density at radius 2 is 2.14 bits per heavy atom. The second-order valence-electron chi connectivity index (χ2n) is 4.65. The van der Waals surface area contributed by atoms with Crippen molar-refractivity contribution in [3.8, 4) is 0 Å². The quantitative estimate of drug-likeness (QED) is 0.482. The molecular formula is C10H12N2O9P-3. The number of phosphoric ester groups is 1. The van der Waals surface area contributed by atoms with Crippen molar-refractivity contribution < 1.29 is 43.7 Å². The number of rotatable bonds is 6. The van der Waals surface area contributed by atoms with Gasteiger partial charge in [-0.3, -0.25) is 0 Å².